The number of aromatic nitrogens is 4. The Balaban J connectivity index is 1.80. The fraction of sp³-hybridized carbons (Fsp3) is 0.462. The first kappa shape index (κ1) is 14.1. The van der Waals surface area contributed by atoms with Crippen LogP contribution in [0.15, 0.2) is 12.4 Å². The average Bonchev–Trinajstić information content (AvgIpc) is 3.00. The molecule has 0 aliphatic carbocycles. The van der Waals surface area contributed by atoms with Gasteiger partial charge in [0.1, 0.15) is 0 Å². The van der Waals surface area contributed by atoms with Gasteiger partial charge < -0.3 is 11.1 Å². The number of nitrogens with one attached hydrogen (secondary N) is 2. The third-order valence-electron chi connectivity index (χ3n) is 3.17. The van der Waals surface area contributed by atoms with Crippen LogP contribution in [0.2, 0.25) is 0 Å². The summed E-state index contributed by atoms with van der Waals surface area (Å²) < 4.78 is 1.65. The van der Waals surface area contributed by atoms with Crippen molar-refractivity contribution in [2.24, 2.45) is 0 Å². The van der Waals surface area contributed by atoms with E-state index < -0.39 is 0 Å². The number of amides is 1. The zero-order valence-electron chi connectivity index (χ0n) is 11.8. The van der Waals surface area contributed by atoms with E-state index in [1.807, 2.05) is 20.0 Å². The van der Waals surface area contributed by atoms with Crippen molar-refractivity contribution in [3.8, 4) is 0 Å². The monoisotopic (exact) mass is 276 g/mol. The van der Waals surface area contributed by atoms with E-state index in [0.717, 1.165) is 18.5 Å². The minimum Gasteiger partial charge on any atom is -0.396 e. The van der Waals surface area contributed by atoms with Crippen LogP contribution >= 0.6 is 0 Å². The number of H-pyrrole nitrogens is 1. The molecule has 0 aliphatic heterocycles. The lowest BCUT2D eigenvalue weighted by Crippen LogP contribution is -2.26. The standard InChI is InChI=1S/C13H20N6O/c1-3-19-8-11(14)12(18-19)13(20)15-6-4-5-10-7-16-17-9(10)2/h7-8H,3-6,14H2,1-2H3,(H,15,20)(H,16,17). The van der Waals surface area contributed by atoms with E-state index in [4.69, 9.17) is 5.73 Å². The molecule has 108 valence electrons. The fourth-order valence-electron chi connectivity index (χ4n) is 1.97. The second kappa shape index (κ2) is 6.23. The lowest BCUT2D eigenvalue weighted by molar-refractivity contribution is 0.0948. The van der Waals surface area contributed by atoms with E-state index in [0.29, 0.717) is 24.5 Å². The van der Waals surface area contributed by atoms with Crippen molar-refractivity contribution in [2.75, 3.05) is 12.3 Å². The number of nitrogens with two attached hydrogens (primary N) is 1. The molecule has 0 atom stereocenters. The van der Waals surface area contributed by atoms with E-state index in [1.54, 1.807) is 10.9 Å². The zero-order valence-corrected chi connectivity index (χ0v) is 11.8. The topological polar surface area (TPSA) is 102 Å². The highest BCUT2D eigenvalue weighted by molar-refractivity contribution is 5.96. The van der Waals surface area contributed by atoms with Gasteiger partial charge in [0.2, 0.25) is 0 Å². The molecule has 0 aromatic carbocycles. The number of carbonyl (C=O) groups excluding carboxylic acids is 1. The van der Waals surface area contributed by atoms with Crippen LogP contribution in [0.1, 0.15) is 35.1 Å². The van der Waals surface area contributed by atoms with E-state index in [2.05, 4.69) is 20.6 Å². The second-order valence-electron chi connectivity index (χ2n) is 4.67. The number of hydrogen-bond donors (Lipinski definition) is 3. The first-order valence-electron chi connectivity index (χ1n) is 6.71. The normalized spacial score (nSPS) is 10.7. The Morgan fingerprint density at radius 1 is 1.55 bits per heavy atom. The van der Waals surface area contributed by atoms with Crippen molar-refractivity contribution >= 4 is 11.6 Å². The van der Waals surface area contributed by atoms with Gasteiger partial charge in [-0.05, 0) is 32.3 Å². The molecular weight excluding hydrogens is 256 g/mol. The summed E-state index contributed by atoms with van der Waals surface area (Å²) in [5, 5.41) is 13.8. The van der Waals surface area contributed by atoms with E-state index >= 15 is 0 Å². The number of aromatic amines is 1. The fourth-order valence-corrected chi connectivity index (χ4v) is 1.97. The predicted octanol–water partition coefficient (Wildman–Crippen LogP) is 0.879. The highest BCUT2D eigenvalue weighted by atomic mass is 16.1. The number of rotatable bonds is 6. The van der Waals surface area contributed by atoms with Crippen molar-refractivity contribution in [3.05, 3.63) is 29.3 Å². The lowest BCUT2D eigenvalue weighted by atomic mass is 10.1. The molecule has 4 N–H and O–H groups in total. The van der Waals surface area contributed by atoms with Crippen LogP contribution in [-0.4, -0.2) is 32.4 Å². The molecule has 0 radical (unpaired) electrons. The zero-order chi connectivity index (χ0) is 14.5. The van der Waals surface area contributed by atoms with Gasteiger partial charge in [-0.2, -0.15) is 10.2 Å². The molecule has 0 fully saturated rings. The highest BCUT2D eigenvalue weighted by Crippen LogP contribution is 2.09. The Bertz CT molecular complexity index is 585. The Morgan fingerprint density at radius 2 is 2.35 bits per heavy atom. The molecule has 0 unspecified atom stereocenters. The quantitative estimate of drug-likeness (QED) is 0.681. The van der Waals surface area contributed by atoms with Crippen LogP contribution in [-0.2, 0) is 13.0 Å². The molecule has 0 saturated heterocycles. The van der Waals surface area contributed by atoms with Crippen molar-refractivity contribution in [2.45, 2.75) is 33.2 Å². The first-order chi connectivity index (χ1) is 9.61. The van der Waals surface area contributed by atoms with E-state index in [1.165, 1.54) is 5.56 Å². The van der Waals surface area contributed by atoms with Gasteiger partial charge in [0.15, 0.2) is 5.69 Å². The van der Waals surface area contributed by atoms with Crippen molar-refractivity contribution in [1.82, 2.24) is 25.3 Å². The minimum absolute atomic E-state index is 0.224. The molecule has 0 aliphatic rings. The summed E-state index contributed by atoms with van der Waals surface area (Å²) in [6.07, 6.45) is 5.21. The van der Waals surface area contributed by atoms with E-state index in [9.17, 15) is 4.79 Å². The van der Waals surface area contributed by atoms with Crippen LogP contribution < -0.4 is 11.1 Å². The summed E-state index contributed by atoms with van der Waals surface area (Å²) >= 11 is 0. The SMILES string of the molecule is CCn1cc(N)c(C(=O)NCCCc2cn[nH]c2C)n1. The molecule has 7 nitrogen and oxygen atoms in total. The van der Waals surface area contributed by atoms with Crippen molar-refractivity contribution in [3.63, 3.8) is 0 Å². The maximum Gasteiger partial charge on any atom is 0.273 e. The van der Waals surface area contributed by atoms with Gasteiger partial charge in [-0.15, -0.1) is 0 Å². The van der Waals surface area contributed by atoms with Crippen molar-refractivity contribution < 1.29 is 4.79 Å². The third-order valence-corrected chi connectivity index (χ3v) is 3.17. The van der Waals surface area contributed by atoms with Gasteiger partial charge in [0.05, 0.1) is 11.9 Å². The summed E-state index contributed by atoms with van der Waals surface area (Å²) in [6, 6.07) is 0. The summed E-state index contributed by atoms with van der Waals surface area (Å²) in [5.41, 5.74) is 8.72. The van der Waals surface area contributed by atoms with Gasteiger partial charge in [0.25, 0.3) is 5.91 Å². The first-order valence-corrected chi connectivity index (χ1v) is 6.71. The van der Waals surface area contributed by atoms with Gasteiger partial charge in [-0.3, -0.25) is 14.6 Å². The molecule has 0 bridgehead atoms. The largest absolute Gasteiger partial charge is 0.396 e. The highest BCUT2D eigenvalue weighted by Gasteiger charge is 2.13. The van der Waals surface area contributed by atoms with Gasteiger partial charge in [-0.1, -0.05) is 0 Å². The second-order valence-corrected chi connectivity index (χ2v) is 4.67. The summed E-state index contributed by atoms with van der Waals surface area (Å²) in [5.74, 6) is -0.224. The van der Waals surface area contributed by atoms with Crippen LogP contribution in [0.4, 0.5) is 5.69 Å². The molecule has 0 saturated carbocycles. The third kappa shape index (κ3) is 3.17. The van der Waals surface area contributed by atoms with Crippen LogP contribution in [0.3, 0.4) is 0 Å². The summed E-state index contributed by atoms with van der Waals surface area (Å²) in [6.45, 7) is 5.21. The number of carbonyl (C=O) groups is 1. The van der Waals surface area contributed by atoms with Crippen LogP contribution in [0.5, 0.6) is 0 Å². The molecule has 2 aromatic heterocycles. The maximum absolute atomic E-state index is 11.9. The molecule has 2 heterocycles. The number of hydrogen-bond acceptors (Lipinski definition) is 4. The maximum atomic E-state index is 11.9. The molecule has 2 aromatic rings. The van der Waals surface area contributed by atoms with Crippen LogP contribution in [0, 0.1) is 6.92 Å². The number of nitrogens with zero attached hydrogens (tertiary/aromatic N) is 3. The molecule has 1 amide bonds. The van der Waals surface area contributed by atoms with Crippen LogP contribution in [0.25, 0.3) is 0 Å². The Labute approximate surface area is 117 Å². The number of nitrogen functional groups attached to an aromatic ring is 1. The molecular formula is C13H20N6O. The van der Waals surface area contributed by atoms with Gasteiger partial charge in [-0.25, -0.2) is 0 Å². The lowest BCUT2D eigenvalue weighted by Gasteiger charge is -2.03. The van der Waals surface area contributed by atoms with Gasteiger partial charge >= 0.3 is 0 Å². The van der Waals surface area contributed by atoms with Crippen molar-refractivity contribution in [1.29, 1.82) is 0 Å². The average molecular weight is 276 g/mol. The Kier molecular flexibility index (Phi) is 4.39. The molecule has 7 heteroatoms. The number of aryl methyl sites for hydroxylation is 3. The van der Waals surface area contributed by atoms with Gasteiger partial charge in [0, 0.05) is 25.0 Å². The summed E-state index contributed by atoms with van der Waals surface area (Å²) in [4.78, 5) is 11.9. The predicted molar refractivity (Wildman–Crippen MR) is 76.3 cm³/mol. The smallest absolute Gasteiger partial charge is 0.273 e. The minimum atomic E-state index is -0.224. The molecule has 2 rings (SSSR count). The van der Waals surface area contributed by atoms with E-state index in [-0.39, 0.29) is 5.91 Å². The number of anilines is 1. The Morgan fingerprint density at radius 3 is 2.95 bits per heavy atom. The summed E-state index contributed by atoms with van der Waals surface area (Å²) in [7, 11) is 0. The molecule has 20 heavy (non-hydrogen) atoms. The Hall–Kier alpha value is -2.31. The molecule has 0 spiro atoms.